The molecule has 1 aromatic heterocycles. The van der Waals surface area contributed by atoms with Gasteiger partial charge in [0.15, 0.2) is 5.82 Å². The molecule has 1 aliphatic rings. The van der Waals surface area contributed by atoms with E-state index in [4.69, 9.17) is 35.4 Å². The Labute approximate surface area is 144 Å². The first-order valence-electron chi connectivity index (χ1n) is 7.32. The number of aromatic nitrogens is 3. The van der Waals surface area contributed by atoms with Crippen molar-refractivity contribution in [2.45, 2.75) is 38.0 Å². The van der Waals surface area contributed by atoms with Gasteiger partial charge in [-0.15, -0.1) is 0 Å². The van der Waals surface area contributed by atoms with Crippen LogP contribution in [0.2, 0.25) is 10.0 Å². The molecule has 0 saturated heterocycles. The quantitative estimate of drug-likeness (QED) is 0.609. The van der Waals surface area contributed by atoms with Gasteiger partial charge in [-0.2, -0.15) is 14.9 Å². The first kappa shape index (κ1) is 15.7. The molecule has 0 spiro atoms. The highest BCUT2D eigenvalue weighted by Gasteiger charge is 2.21. The van der Waals surface area contributed by atoms with E-state index >= 15 is 0 Å². The zero-order valence-electron chi connectivity index (χ0n) is 11.9. The Morgan fingerprint density at radius 1 is 1.23 bits per heavy atom. The minimum Gasteiger partial charge on any atom is -0.250 e. The van der Waals surface area contributed by atoms with E-state index < -0.39 is 0 Å². The topological polar surface area (TPSA) is 46.0 Å². The SMILES string of the molecule is S=c1[nH]nc(C2CCCCC2)n1/N=C/c1c(Cl)cccc1Cl. The van der Waals surface area contributed by atoms with Crippen LogP contribution in [0.25, 0.3) is 0 Å². The van der Waals surface area contributed by atoms with Crippen molar-refractivity contribution in [2.75, 3.05) is 0 Å². The molecule has 1 saturated carbocycles. The molecule has 4 nitrogen and oxygen atoms in total. The van der Waals surface area contributed by atoms with E-state index in [2.05, 4.69) is 15.3 Å². The summed E-state index contributed by atoms with van der Waals surface area (Å²) in [5.41, 5.74) is 0.684. The fourth-order valence-corrected chi connectivity index (χ4v) is 3.47. The second-order valence-corrected chi connectivity index (χ2v) is 6.61. The number of hydrogen-bond acceptors (Lipinski definition) is 3. The summed E-state index contributed by atoms with van der Waals surface area (Å²) in [5.74, 6) is 1.30. The van der Waals surface area contributed by atoms with Crippen LogP contribution in [0.3, 0.4) is 0 Å². The van der Waals surface area contributed by atoms with Gasteiger partial charge in [0.1, 0.15) is 0 Å². The molecule has 1 aromatic carbocycles. The lowest BCUT2D eigenvalue weighted by Crippen LogP contribution is -2.10. The van der Waals surface area contributed by atoms with Gasteiger partial charge in [0.2, 0.25) is 4.77 Å². The molecule has 116 valence electrons. The van der Waals surface area contributed by atoms with Gasteiger partial charge in [0, 0.05) is 11.5 Å². The third-order valence-corrected chi connectivity index (χ3v) is 4.87. The Morgan fingerprint density at radius 3 is 2.59 bits per heavy atom. The molecule has 7 heteroatoms. The molecule has 1 aliphatic carbocycles. The van der Waals surface area contributed by atoms with Crippen LogP contribution in [-0.2, 0) is 0 Å². The average molecular weight is 355 g/mol. The summed E-state index contributed by atoms with van der Waals surface area (Å²) in [5, 5.41) is 12.8. The predicted molar refractivity (Wildman–Crippen MR) is 92.7 cm³/mol. The van der Waals surface area contributed by atoms with Gasteiger partial charge in [0.05, 0.1) is 16.3 Å². The van der Waals surface area contributed by atoms with Crippen LogP contribution in [0.5, 0.6) is 0 Å². The van der Waals surface area contributed by atoms with Crippen molar-refractivity contribution < 1.29 is 0 Å². The molecule has 22 heavy (non-hydrogen) atoms. The van der Waals surface area contributed by atoms with Gasteiger partial charge in [0.25, 0.3) is 0 Å². The van der Waals surface area contributed by atoms with Crippen LogP contribution in [0.4, 0.5) is 0 Å². The molecular weight excluding hydrogens is 339 g/mol. The summed E-state index contributed by atoms with van der Waals surface area (Å²) in [6.07, 6.45) is 7.64. The van der Waals surface area contributed by atoms with Crippen molar-refractivity contribution in [1.82, 2.24) is 14.9 Å². The Morgan fingerprint density at radius 2 is 1.91 bits per heavy atom. The largest absolute Gasteiger partial charge is 0.250 e. The summed E-state index contributed by atoms with van der Waals surface area (Å²) >= 11 is 17.6. The van der Waals surface area contributed by atoms with E-state index in [1.54, 1.807) is 29.1 Å². The van der Waals surface area contributed by atoms with E-state index in [1.165, 1.54) is 19.3 Å². The highest BCUT2D eigenvalue weighted by Crippen LogP contribution is 2.31. The summed E-state index contributed by atoms with van der Waals surface area (Å²) in [6, 6.07) is 5.37. The van der Waals surface area contributed by atoms with E-state index in [0.29, 0.717) is 26.3 Å². The molecule has 0 radical (unpaired) electrons. The molecule has 1 fully saturated rings. The Kier molecular flexibility index (Phi) is 4.96. The van der Waals surface area contributed by atoms with Gasteiger partial charge >= 0.3 is 0 Å². The molecule has 0 atom stereocenters. The number of nitrogens with one attached hydrogen (secondary N) is 1. The number of hydrogen-bond donors (Lipinski definition) is 1. The normalized spacial score (nSPS) is 16.5. The standard InChI is InChI=1S/C15H16Cl2N4S/c16-12-7-4-8-13(17)11(12)9-18-21-14(19-20-15(21)22)10-5-2-1-3-6-10/h4,7-10H,1-3,5-6H2,(H,20,22)/b18-9+. The lowest BCUT2D eigenvalue weighted by atomic mass is 9.89. The van der Waals surface area contributed by atoms with Crippen LogP contribution in [0.15, 0.2) is 23.3 Å². The number of benzene rings is 1. The molecule has 0 unspecified atom stereocenters. The van der Waals surface area contributed by atoms with E-state index in [1.807, 2.05) is 0 Å². The van der Waals surface area contributed by atoms with Gasteiger partial charge in [-0.05, 0) is 37.2 Å². The van der Waals surface area contributed by atoms with Crippen molar-refractivity contribution in [3.8, 4) is 0 Å². The summed E-state index contributed by atoms with van der Waals surface area (Å²) in [6.45, 7) is 0. The highest BCUT2D eigenvalue weighted by atomic mass is 35.5. The van der Waals surface area contributed by atoms with Crippen LogP contribution < -0.4 is 0 Å². The average Bonchev–Trinajstić information content (AvgIpc) is 2.89. The predicted octanol–water partition coefficient (Wildman–Crippen LogP) is 5.18. The first-order valence-corrected chi connectivity index (χ1v) is 8.49. The maximum Gasteiger partial charge on any atom is 0.216 e. The minimum absolute atomic E-state index is 0.403. The Bertz CT molecular complexity index is 724. The maximum atomic E-state index is 6.16. The lowest BCUT2D eigenvalue weighted by Gasteiger charge is -2.19. The van der Waals surface area contributed by atoms with Crippen LogP contribution in [0.1, 0.15) is 49.4 Å². The molecule has 0 amide bonds. The number of nitrogens with zero attached hydrogens (tertiary/aromatic N) is 3. The number of halogens is 2. The fourth-order valence-electron chi connectivity index (χ4n) is 2.79. The van der Waals surface area contributed by atoms with E-state index in [9.17, 15) is 0 Å². The molecular formula is C15H16Cl2N4S. The molecule has 2 aromatic rings. The zero-order valence-corrected chi connectivity index (χ0v) is 14.3. The van der Waals surface area contributed by atoms with Gasteiger partial charge in [-0.3, -0.25) is 5.10 Å². The van der Waals surface area contributed by atoms with Crippen LogP contribution in [-0.4, -0.2) is 21.1 Å². The summed E-state index contributed by atoms with van der Waals surface area (Å²) < 4.78 is 2.17. The molecule has 3 rings (SSSR count). The minimum atomic E-state index is 0.403. The lowest BCUT2D eigenvalue weighted by molar-refractivity contribution is 0.419. The number of aromatic amines is 1. The van der Waals surface area contributed by atoms with Crippen molar-refractivity contribution in [3.05, 3.63) is 44.4 Å². The molecule has 1 heterocycles. The third kappa shape index (κ3) is 3.26. The number of H-pyrrole nitrogens is 1. The summed E-state index contributed by atoms with van der Waals surface area (Å²) in [4.78, 5) is 0. The van der Waals surface area contributed by atoms with E-state index in [-0.39, 0.29) is 0 Å². The Balaban J connectivity index is 1.93. The first-order chi connectivity index (χ1) is 10.7. The Hall–Kier alpha value is -1.17. The second-order valence-electron chi connectivity index (χ2n) is 5.41. The maximum absolute atomic E-state index is 6.16. The highest BCUT2D eigenvalue weighted by molar-refractivity contribution is 7.71. The molecule has 1 N–H and O–H groups in total. The van der Waals surface area contributed by atoms with Crippen molar-refractivity contribution in [3.63, 3.8) is 0 Å². The van der Waals surface area contributed by atoms with E-state index in [0.717, 1.165) is 18.7 Å². The van der Waals surface area contributed by atoms with Crippen molar-refractivity contribution in [2.24, 2.45) is 5.10 Å². The third-order valence-electron chi connectivity index (χ3n) is 3.95. The summed E-state index contributed by atoms with van der Waals surface area (Å²) in [7, 11) is 0. The zero-order chi connectivity index (χ0) is 15.5. The smallest absolute Gasteiger partial charge is 0.216 e. The van der Waals surface area contributed by atoms with Gasteiger partial charge in [-0.1, -0.05) is 48.5 Å². The molecule has 0 bridgehead atoms. The van der Waals surface area contributed by atoms with Crippen LogP contribution >= 0.6 is 35.4 Å². The van der Waals surface area contributed by atoms with Gasteiger partial charge < -0.3 is 0 Å². The molecule has 0 aliphatic heterocycles. The fraction of sp³-hybridized carbons (Fsp3) is 0.400. The van der Waals surface area contributed by atoms with Crippen molar-refractivity contribution >= 4 is 41.6 Å². The second kappa shape index (κ2) is 6.94. The monoisotopic (exact) mass is 354 g/mol. The van der Waals surface area contributed by atoms with Crippen LogP contribution in [0, 0.1) is 4.77 Å². The number of rotatable bonds is 3. The van der Waals surface area contributed by atoms with Crippen molar-refractivity contribution in [1.29, 1.82) is 0 Å². The van der Waals surface area contributed by atoms with Gasteiger partial charge in [-0.25, -0.2) is 0 Å².